The fourth-order valence-corrected chi connectivity index (χ4v) is 0.232. The molecule has 0 aliphatic carbocycles. The lowest BCUT2D eigenvalue weighted by molar-refractivity contribution is 1.56. The van der Waals surface area contributed by atoms with E-state index in [1.54, 1.807) is 6.08 Å². The quantitative estimate of drug-likeness (QED) is 0.390. The summed E-state index contributed by atoms with van der Waals surface area (Å²) in [6.07, 6.45) is 5.50. The lowest BCUT2D eigenvalue weighted by Crippen LogP contribution is -1.55. The van der Waals surface area contributed by atoms with Gasteiger partial charge in [-0.05, 0) is 6.92 Å². The molecule has 0 bridgehead atoms. The van der Waals surface area contributed by atoms with Crippen molar-refractivity contribution in [1.29, 1.82) is 0 Å². The van der Waals surface area contributed by atoms with Crippen LogP contribution >= 0.6 is 0 Å². The lowest BCUT2D eigenvalue weighted by atomic mass is 10.3. The van der Waals surface area contributed by atoms with Gasteiger partial charge >= 0.3 is 0 Å². The second kappa shape index (κ2) is 10.0. The Labute approximate surface area is 57.9 Å². The van der Waals surface area contributed by atoms with Gasteiger partial charge in [-0.1, -0.05) is 37.0 Å². The van der Waals surface area contributed by atoms with Gasteiger partial charge in [-0.2, -0.15) is 0 Å². The second-order valence-corrected chi connectivity index (χ2v) is 1.44. The molecule has 0 aliphatic rings. The predicted octanol–water partition coefficient (Wildman–Crippen LogP) is 3.11. The summed E-state index contributed by atoms with van der Waals surface area (Å²) in [5.74, 6) is 0. The fourth-order valence-electron chi connectivity index (χ4n) is 0.232. The van der Waals surface area contributed by atoms with Crippen molar-refractivity contribution < 1.29 is 0 Å². The average molecular weight is 122 g/mol. The molecule has 0 unspecified atom stereocenters. The van der Waals surface area contributed by atoms with Gasteiger partial charge in [0.05, 0.1) is 0 Å². The van der Waals surface area contributed by atoms with E-state index in [1.807, 2.05) is 19.1 Å². The summed E-state index contributed by atoms with van der Waals surface area (Å²) >= 11 is 0. The summed E-state index contributed by atoms with van der Waals surface area (Å²) in [4.78, 5) is 0. The fraction of sp³-hybridized carbons (Fsp3) is 0.111. The van der Waals surface area contributed by atoms with Crippen LogP contribution in [0.1, 0.15) is 6.92 Å². The maximum Gasteiger partial charge on any atom is -0.0404 e. The zero-order valence-electron chi connectivity index (χ0n) is 6.06. The molecule has 0 heteroatoms. The Morgan fingerprint density at radius 3 is 1.89 bits per heavy atom. The van der Waals surface area contributed by atoms with E-state index >= 15 is 0 Å². The molecule has 0 nitrogen and oxygen atoms in total. The summed E-state index contributed by atoms with van der Waals surface area (Å²) < 4.78 is 0. The van der Waals surface area contributed by atoms with Gasteiger partial charge in [-0.25, -0.2) is 0 Å². The molecule has 50 valence electrons. The maximum absolute atomic E-state index is 3.66. The van der Waals surface area contributed by atoms with Crippen molar-refractivity contribution in [3.63, 3.8) is 0 Å². The van der Waals surface area contributed by atoms with Crippen LogP contribution in [0.2, 0.25) is 0 Å². The monoisotopic (exact) mass is 122 g/mol. The molecule has 0 aliphatic heterocycles. The van der Waals surface area contributed by atoms with Crippen molar-refractivity contribution in [2.24, 2.45) is 0 Å². The van der Waals surface area contributed by atoms with Crippen LogP contribution < -0.4 is 0 Å². The maximum atomic E-state index is 3.66. The Morgan fingerprint density at radius 2 is 1.78 bits per heavy atom. The zero-order valence-corrected chi connectivity index (χ0v) is 6.06. The van der Waals surface area contributed by atoms with Gasteiger partial charge < -0.3 is 0 Å². The molecule has 0 radical (unpaired) electrons. The molecule has 0 heterocycles. The van der Waals surface area contributed by atoms with Gasteiger partial charge in [-0.3, -0.25) is 0 Å². The Hall–Kier alpha value is -1.04. The first-order valence-corrected chi connectivity index (χ1v) is 2.72. The predicted molar refractivity (Wildman–Crippen MR) is 45.4 cm³/mol. The minimum absolute atomic E-state index is 1.06. The topological polar surface area (TPSA) is 0 Å². The zero-order chi connectivity index (χ0) is 7.70. The minimum atomic E-state index is 1.06. The van der Waals surface area contributed by atoms with Crippen LogP contribution in [0.3, 0.4) is 0 Å². The average Bonchev–Trinajstić information content (AvgIpc) is 1.88. The van der Waals surface area contributed by atoms with E-state index < -0.39 is 0 Å². The summed E-state index contributed by atoms with van der Waals surface area (Å²) in [5.41, 5.74) is 1.06. The first-order chi connectivity index (χ1) is 4.27. The van der Waals surface area contributed by atoms with Crippen LogP contribution in [-0.4, -0.2) is 0 Å². The highest BCUT2D eigenvalue weighted by Crippen LogP contribution is 1.86. The highest BCUT2D eigenvalue weighted by Gasteiger charge is 1.65. The summed E-state index contributed by atoms with van der Waals surface area (Å²) in [5, 5.41) is 0. The Balaban J connectivity index is 0. The van der Waals surface area contributed by atoms with Crippen LogP contribution in [0.25, 0.3) is 0 Å². The van der Waals surface area contributed by atoms with E-state index in [4.69, 9.17) is 0 Å². The third-order valence-electron chi connectivity index (χ3n) is 0.517. The van der Waals surface area contributed by atoms with Crippen LogP contribution in [0.4, 0.5) is 0 Å². The molecule has 0 N–H and O–H groups in total. The molecule has 0 fully saturated rings. The third-order valence-corrected chi connectivity index (χ3v) is 0.517. The Bertz CT molecular complexity index is 107. The SMILES string of the molecule is C=C.C=C/C=C\C(=C)C. The third kappa shape index (κ3) is 19.5. The molecule has 0 saturated carbocycles. The van der Waals surface area contributed by atoms with Gasteiger partial charge in [0.1, 0.15) is 0 Å². The van der Waals surface area contributed by atoms with Crippen molar-refractivity contribution in [2.45, 2.75) is 6.92 Å². The number of hydrogen-bond donors (Lipinski definition) is 0. The number of allylic oxidation sites excluding steroid dienone is 4. The van der Waals surface area contributed by atoms with E-state index in [1.165, 1.54) is 0 Å². The first kappa shape index (κ1) is 10.9. The summed E-state index contributed by atoms with van der Waals surface area (Å²) in [7, 11) is 0. The van der Waals surface area contributed by atoms with E-state index in [-0.39, 0.29) is 0 Å². The van der Waals surface area contributed by atoms with E-state index in [2.05, 4.69) is 26.3 Å². The molecule has 0 rings (SSSR count). The standard InChI is InChI=1S/C7H10.C2H4/c1-4-5-6-7(2)3;1-2/h4-6H,1-2H2,3H3;1-2H2/b6-5-;. The molecule has 0 saturated heterocycles. The highest BCUT2D eigenvalue weighted by molar-refractivity contribution is 5.15. The largest absolute Gasteiger partial charge is 0.106 e. The Kier molecular flexibility index (Phi) is 12.1. The highest BCUT2D eigenvalue weighted by atomic mass is 13.7. The van der Waals surface area contributed by atoms with Gasteiger partial charge in [-0.15, -0.1) is 13.2 Å². The molecule has 0 aromatic carbocycles. The normalized spacial score (nSPS) is 7.67. The minimum Gasteiger partial charge on any atom is -0.106 e. The molecule has 9 heavy (non-hydrogen) atoms. The van der Waals surface area contributed by atoms with E-state index in [0.717, 1.165) is 5.57 Å². The summed E-state index contributed by atoms with van der Waals surface area (Å²) in [6, 6.07) is 0. The Morgan fingerprint density at radius 1 is 1.33 bits per heavy atom. The molecule has 0 aromatic rings. The van der Waals surface area contributed by atoms with Gasteiger partial charge in [0.15, 0.2) is 0 Å². The van der Waals surface area contributed by atoms with Gasteiger partial charge in [0.2, 0.25) is 0 Å². The van der Waals surface area contributed by atoms with Gasteiger partial charge in [0.25, 0.3) is 0 Å². The lowest BCUT2D eigenvalue weighted by Gasteiger charge is -1.77. The number of rotatable bonds is 2. The molecule has 0 atom stereocenters. The van der Waals surface area contributed by atoms with Crippen molar-refractivity contribution >= 4 is 0 Å². The van der Waals surface area contributed by atoms with Crippen molar-refractivity contribution in [3.8, 4) is 0 Å². The second-order valence-electron chi connectivity index (χ2n) is 1.44. The van der Waals surface area contributed by atoms with Crippen molar-refractivity contribution in [2.75, 3.05) is 0 Å². The molecular formula is C9H14. The summed E-state index contributed by atoms with van der Waals surface area (Å²) in [6.45, 7) is 15.1. The smallest absolute Gasteiger partial charge is 0.0404 e. The van der Waals surface area contributed by atoms with E-state index in [0.29, 0.717) is 0 Å². The van der Waals surface area contributed by atoms with Crippen LogP contribution in [0.5, 0.6) is 0 Å². The number of hydrogen-bond acceptors (Lipinski definition) is 0. The van der Waals surface area contributed by atoms with Crippen molar-refractivity contribution in [3.05, 3.63) is 50.1 Å². The molecular weight excluding hydrogens is 108 g/mol. The van der Waals surface area contributed by atoms with Gasteiger partial charge in [0, 0.05) is 0 Å². The molecule has 0 aromatic heterocycles. The van der Waals surface area contributed by atoms with Crippen LogP contribution in [0.15, 0.2) is 50.1 Å². The van der Waals surface area contributed by atoms with Crippen LogP contribution in [0, 0.1) is 0 Å². The van der Waals surface area contributed by atoms with Crippen molar-refractivity contribution in [1.82, 2.24) is 0 Å². The molecule has 0 spiro atoms. The molecule has 0 amide bonds. The van der Waals surface area contributed by atoms with E-state index in [9.17, 15) is 0 Å². The first-order valence-electron chi connectivity index (χ1n) is 2.72. The van der Waals surface area contributed by atoms with Crippen LogP contribution in [-0.2, 0) is 0 Å².